The molecule has 30 heavy (non-hydrogen) atoms. The lowest BCUT2D eigenvalue weighted by molar-refractivity contribution is -0.384. The smallest absolute Gasteiger partial charge is 0.336 e. The summed E-state index contributed by atoms with van der Waals surface area (Å²) in [6.45, 7) is 3.21. The van der Waals surface area contributed by atoms with Crippen LogP contribution >= 0.6 is 0 Å². The zero-order chi connectivity index (χ0) is 21.8. The topological polar surface area (TPSA) is 129 Å². The molecule has 1 amide bonds. The molecule has 1 aromatic heterocycles. The predicted octanol–water partition coefficient (Wildman–Crippen LogP) is 2.79. The van der Waals surface area contributed by atoms with Crippen molar-refractivity contribution >= 4 is 28.5 Å². The first kappa shape index (κ1) is 20.7. The van der Waals surface area contributed by atoms with Crippen LogP contribution in [0, 0.1) is 24.0 Å². The highest BCUT2D eigenvalue weighted by molar-refractivity contribution is 5.96. The number of nitrogens with zero attached hydrogens (tertiary/aromatic N) is 1. The second-order valence-electron chi connectivity index (χ2n) is 6.67. The summed E-state index contributed by atoms with van der Waals surface area (Å²) in [5, 5.41) is 13.8. The van der Waals surface area contributed by atoms with E-state index in [1.807, 2.05) is 19.9 Å². The molecule has 0 aliphatic rings. The van der Waals surface area contributed by atoms with Crippen molar-refractivity contribution in [3.63, 3.8) is 0 Å². The fourth-order valence-electron chi connectivity index (χ4n) is 2.83. The number of amides is 1. The van der Waals surface area contributed by atoms with Gasteiger partial charge in [0.25, 0.3) is 11.6 Å². The summed E-state index contributed by atoms with van der Waals surface area (Å²) in [6.07, 6.45) is 0. The molecule has 0 saturated heterocycles. The Morgan fingerprint density at radius 3 is 2.60 bits per heavy atom. The van der Waals surface area contributed by atoms with Crippen molar-refractivity contribution in [2.75, 3.05) is 6.54 Å². The second kappa shape index (κ2) is 8.56. The summed E-state index contributed by atoms with van der Waals surface area (Å²) in [5.74, 6) is -1.37. The third kappa shape index (κ3) is 4.69. The molecule has 9 heteroatoms. The normalized spacial score (nSPS) is 10.6. The van der Waals surface area contributed by atoms with Gasteiger partial charge in [0, 0.05) is 34.7 Å². The Morgan fingerprint density at radius 2 is 1.87 bits per heavy atom. The molecule has 154 valence electrons. The van der Waals surface area contributed by atoms with Crippen LogP contribution in [0.25, 0.3) is 11.0 Å². The van der Waals surface area contributed by atoms with E-state index in [2.05, 4.69) is 5.32 Å². The molecule has 0 bridgehead atoms. The molecular weight excluding hydrogens is 392 g/mol. The van der Waals surface area contributed by atoms with Crippen LogP contribution in [-0.2, 0) is 16.1 Å². The third-order valence-corrected chi connectivity index (χ3v) is 4.55. The van der Waals surface area contributed by atoms with E-state index in [9.17, 15) is 24.5 Å². The number of ether oxygens (including phenoxy) is 1. The monoisotopic (exact) mass is 410 g/mol. The highest BCUT2D eigenvalue weighted by atomic mass is 16.6. The molecule has 2 aromatic carbocycles. The van der Waals surface area contributed by atoms with Crippen molar-refractivity contribution in [3.8, 4) is 0 Å². The Labute approximate surface area is 170 Å². The summed E-state index contributed by atoms with van der Waals surface area (Å²) in [6, 6.07) is 9.99. The molecule has 1 heterocycles. The number of nitro groups is 1. The van der Waals surface area contributed by atoms with Gasteiger partial charge in [0.2, 0.25) is 0 Å². The van der Waals surface area contributed by atoms with E-state index < -0.39 is 29.0 Å². The van der Waals surface area contributed by atoms with Gasteiger partial charge in [0.1, 0.15) is 18.7 Å². The van der Waals surface area contributed by atoms with E-state index in [1.54, 1.807) is 6.07 Å². The maximum Gasteiger partial charge on any atom is 0.336 e. The molecule has 0 atom stereocenters. The molecule has 3 rings (SSSR count). The Balaban J connectivity index is 1.64. The lowest BCUT2D eigenvalue weighted by Crippen LogP contribution is -2.30. The van der Waals surface area contributed by atoms with E-state index in [0.29, 0.717) is 16.5 Å². The first-order valence-electron chi connectivity index (χ1n) is 8.97. The molecule has 0 aliphatic heterocycles. The van der Waals surface area contributed by atoms with Crippen LogP contribution in [0.2, 0.25) is 0 Å². The Kier molecular flexibility index (Phi) is 5.91. The number of esters is 1. The minimum atomic E-state index is -0.723. The molecule has 3 aromatic rings. The van der Waals surface area contributed by atoms with Crippen molar-refractivity contribution in [1.82, 2.24) is 5.32 Å². The molecule has 0 saturated carbocycles. The van der Waals surface area contributed by atoms with Gasteiger partial charge in [-0.25, -0.2) is 4.79 Å². The lowest BCUT2D eigenvalue weighted by atomic mass is 10.0. The number of nitrogens with one attached hydrogen (secondary N) is 1. The van der Waals surface area contributed by atoms with Crippen LogP contribution in [0.1, 0.15) is 27.0 Å². The SMILES string of the molecule is Cc1cc2oc(=O)cc(COC(=O)CNC(=O)c3cccc([N+](=O)[O-])c3)c2cc1C. The van der Waals surface area contributed by atoms with Crippen LogP contribution in [0.4, 0.5) is 5.69 Å². The summed E-state index contributed by atoms with van der Waals surface area (Å²) in [5.41, 5.74) is 2.10. The summed E-state index contributed by atoms with van der Waals surface area (Å²) in [4.78, 5) is 46.1. The van der Waals surface area contributed by atoms with E-state index in [0.717, 1.165) is 17.2 Å². The minimum Gasteiger partial charge on any atom is -0.459 e. The van der Waals surface area contributed by atoms with Gasteiger partial charge in [-0.1, -0.05) is 6.07 Å². The number of carbonyl (C=O) groups is 2. The van der Waals surface area contributed by atoms with Crippen molar-refractivity contribution in [3.05, 3.63) is 85.3 Å². The Hall–Kier alpha value is -4.01. The number of fused-ring (bicyclic) bond motifs is 1. The number of rotatable bonds is 6. The lowest BCUT2D eigenvalue weighted by Gasteiger charge is -2.10. The highest BCUT2D eigenvalue weighted by Gasteiger charge is 2.14. The number of hydrogen-bond acceptors (Lipinski definition) is 7. The van der Waals surface area contributed by atoms with Crippen LogP contribution in [0.3, 0.4) is 0 Å². The second-order valence-corrected chi connectivity index (χ2v) is 6.67. The maximum atomic E-state index is 12.1. The van der Waals surface area contributed by atoms with E-state index in [1.165, 1.54) is 24.3 Å². The highest BCUT2D eigenvalue weighted by Crippen LogP contribution is 2.22. The average molecular weight is 410 g/mol. The molecule has 9 nitrogen and oxygen atoms in total. The van der Waals surface area contributed by atoms with Gasteiger partial charge < -0.3 is 14.5 Å². The molecular formula is C21H18N2O7. The number of non-ortho nitro benzene ring substituents is 1. The average Bonchev–Trinajstić information content (AvgIpc) is 2.71. The molecule has 0 spiro atoms. The fourth-order valence-corrected chi connectivity index (χ4v) is 2.83. The molecule has 0 unspecified atom stereocenters. The summed E-state index contributed by atoms with van der Waals surface area (Å²) < 4.78 is 10.4. The molecule has 0 fully saturated rings. The zero-order valence-corrected chi connectivity index (χ0v) is 16.3. The van der Waals surface area contributed by atoms with Crippen LogP contribution in [-0.4, -0.2) is 23.3 Å². The van der Waals surface area contributed by atoms with E-state index >= 15 is 0 Å². The van der Waals surface area contributed by atoms with Gasteiger partial charge in [0.05, 0.1) is 4.92 Å². The van der Waals surface area contributed by atoms with Gasteiger partial charge >= 0.3 is 11.6 Å². The van der Waals surface area contributed by atoms with Crippen molar-refractivity contribution in [1.29, 1.82) is 0 Å². The molecule has 0 aliphatic carbocycles. The van der Waals surface area contributed by atoms with Gasteiger partial charge in [0.15, 0.2) is 0 Å². The largest absolute Gasteiger partial charge is 0.459 e. The van der Waals surface area contributed by atoms with Crippen LogP contribution in [0.5, 0.6) is 0 Å². The first-order valence-corrected chi connectivity index (χ1v) is 8.97. The molecule has 0 radical (unpaired) electrons. The van der Waals surface area contributed by atoms with Crippen molar-refractivity contribution in [2.45, 2.75) is 20.5 Å². The van der Waals surface area contributed by atoms with Crippen molar-refractivity contribution < 1.29 is 23.7 Å². The van der Waals surface area contributed by atoms with Crippen LogP contribution in [0.15, 0.2) is 51.7 Å². The number of aryl methyl sites for hydroxylation is 2. The zero-order valence-electron chi connectivity index (χ0n) is 16.3. The standard InChI is InChI=1S/C21H18N2O7/c1-12-6-17-15(9-19(24)30-18(17)7-13(12)2)11-29-20(25)10-22-21(26)14-4-3-5-16(8-14)23(27)28/h3-9H,10-11H2,1-2H3,(H,22,26). The van der Waals surface area contributed by atoms with Crippen LogP contribution < -0.4 is 10.9 Å². The summed E-state index contributed by atoms with van der Waals surface area (Å²) in [7, 11) is 0. The number of hydrogen-bond donors (Lipinski definition) is 1. The Morgan fingerprint density at radius 1 is 1.13 bits per heavy atom. The first-order chi connectivity index (χ1) is 14.2. The fraction of sp³-hybridized carbons (Fsp3) is 0.190. The quantitative estimate of drug-likeness (QED) is 0.286. The summed E-state index contributed by atoms with van der Waals surface area (Å²) >= 11 is 0. The molecule has 1 N–H and O–H groups in total. The Bertz CT molecular complexity index is 1210. The predicted molar refractivity (Wildman–Crippen MR) is 107 cm³/mol. The van der Waals surface area contributed by atoms with Crippen molar-refractivity contribution in [2.24, 2.45) is 0 Å². The number of benzene rings is 2. The minimum absolute atomic E-state index is 0.0505. The number of carbonyl (C=O) groups excluding carboxylic acids is 2. The van der Waals surface area contributed by atoms with E-state index in [-0.39, 0.29) is 17.9 Å². The van der Waals surface area contributed by atoms with Gasteiger partial charge in [-0.3, -0.25) is 19.7 Å². The number of nitro benzene ring substituents is 1. The van der Waals surface area contributed by atoms with Gasteiger partial charge in [-0.15, -0.1) is 0 Å². The van der Waals surface area contributed by atoms with Gasteiger partial charge in [-0.05, 0) is 43.2 Å². The van der Waals surface area contributed by atoms with Gasteiger partial charge in [-0.2, -0.15) is 0 Å². The van der Waals surface area contributed by atoms with E-state index in [4.69, 9.17) is 9.15 Å². The maximum absolute atomic E-state index is 12.1. The third-order valence-electron chi connectivity index (χ3n) is 4.55.